The van der Waals surface area contributed by atoms with Crippen LogP contribution in [0.25, 0.3) is 11.0 Å². The lowest BCUT2D eigenvalue weighted by Crippen LogP contribution is -3.13. The lowest BCUT2D eigenvalue weighted by molar-refractivity contribution is -0.917. The fraction of sp³-hybridized carbons (Fsp3) is 0.409. The molecule has 1 aliphatic rings. The van der Waals surface area contributed by atoms with Crippen molar-refractivity contribution in [1.29, 1.82) is 0 Å². The zero-order valence-electron chi connectivity index (χ0n) is 17.5. The molecule has 0 amide bonds. The maximum absolute atomic E-state index is 12.7. The third-order valence-corrected chi connectivity index (χ3v) is 9.07. The summed E-state index contributed by atoms with van der Waals surface area (Å²) in [6.45, 7) is 9.40. The number of piperazine rings is 1. The Bertz CT molecular complexity index is 1210. The molecule has 0 bridgehead atoms. The molecule has 0 aliphatic carbocycles. The molecule has 30 heavy (non-hydrogen) atoms. The summed E-state index contributed by atoms with van der Waals surface area (Å²) in [7, 11) is -3.40. The summed E-state index contributed by atoms with van der Waals surface area (Å²) in [6, 6.07) is 9.10. The average Bonchev–Trinajstić information content (AvgIpc) is 3.23. The summed E-state index contributed by atoms with van der Waals surface area (Å²) >= 11 is 1.25. The van der Waals surface area contributed by atoms with Crippen LogP contribution < -0.4 is 10.5 Å². The molecule has 2 aromatic heterocycles. The highest BCUT2D eigenvalue weighted by atomic mass is 32.2. The van der Waals surface area contributed by atoms with Gasteiger partial charge < -0.3 is 9.32 Å². The maximum atomic E-state index is 12.7. The lowest BCUT2D eigenvalue weighted by atomic mass is 9.95. The van der Waals surface area contributed by atoms with Crippen LogP contribution in [-0.2, 0) is 16.6 Å². The van der Waals surface area contributed by atoms with Crippen LogP contribution in [0, 0.1) is 6.92 Å². The van der Waals surface area contributed by atoms with Gasteiger partial charge in [0.25, 0.3) is 10.0 Å². The lowest BCUT2D eigenvalue weighted by Gasteiger charge is -2.31. The molecule has 3 heterocycles. The molecule has 0 unspecified atom stereocenters. The van der Waals surface area contributed by atoms with Crippen LogP contribution in [0.2, 0.25) is 0 Å². The minimum atomic E-state index is -3.40. The van der Waals surface area contributed by atoms with Crippen molar-refractivity contribution in [2.24, 2.45) is 0 Å². The van der Waals surface area contributed by atoms with E-state index in [1.54, 1.807) is 27.9 Å². The summed E-state index contributed by atoms with van der Waals surface area (Å²) in [5.41, 5.74) is 3.62. The molecule has 3 aromatic rings. The standard InChI is InChI=1S/C22H26N2O4S2/c1-15(2)18-13-19-17(12-21(25)28-20(19)11-16(18)3)14-23-6-8-24(9-7-23)30(26,27)22-5-4-10-29-22/h4-5,10-13,15H,6-9,14H2,1-3H3/p+1. The fourth-order valence-electron chi connectivity index (χ4n) is 4.19. The average molecular weight is 448 g/mol. The molecule has 0 radical (unpaired) electrons. The van der Waals surface area contributed by atoms with Gasteiger partial charge in [0.1, 0.15) is 16.3 Å². The Morgan fingerprint density at radius 2 is 1.93 bits per heavy atom. The summed E-state index contributed by atoms with van der Waals surface area (Å²) in [5.74, 6) is 0.382. The Hall–Kier alpha value is -2.00. The van der Waals surface area contributed by atoms with Crippen LogP contribution in [0.3, 0.4) is 0 Å². The summed E-state index contributed by atoms with van der Waals surface area (Å²) < 4.78 is 32.9. The number of hydrogen-bond acceptors (Lipinski definition) is 5. The van der Waals surface area contributed by atoms with E-state index in [1.165, 1.54) is 21.8 Å². The molecule has 160 valence electrons. The van der Waals surface area contributed by atoms with Crippen molar-refractivity contribution < 1.29 is 17.7 Å². The van der Waals surface area contributed by atoms with Crippen LogP contribution in [-0.4, -0.2) is 38.9 Å². The van der Waals surface area contributed by atoms with Gasteiger partial charge in [-0.05, 0) is 47.5 Å². The van der Waals surface area contributed by atoms with Gasteiger partial charge >= 0.3 is 5.63 Å². The van der Waals surface area contributed by atoms with Gasteiger partial charge in [-0.25, -0.2) is 13.2 Å². The van der Waals surface area contributed by atoms with Crippen LogP contribution in [0.4, 0.5) is 0 Å². The Morgan fingerprint density at radius 1 is 1.20 bits per heavy atom. The quantitative estimate of drug-likeness (QED) is 0.610. The van der Waals surface area contributed by atoms with Crippen LogP contribution in [0.5, 0.6) is 0 Å². The van der Waals surface area contributed by atoms with Gasteiger partial charge in [-0.1, -0.05) is 19.9 Å². The monoisotopic (exact) mass is 447 g/mol. The number of hydrogen-bond donors (Lipinski definition) is 1. The molecule has 1 aliphatic heterocycles. The Balaban J connectivity index is 1.55. The second-order valence-electron chi connectivity index (χ2n) is 8.21. The number of quaternary nitrogens is 1. The van der Waals surface area contributed by atoms with Gasteiger partial charge in [-0.15, -0.1) is 11.3 Å². The third-order valence-electron chi connectivity index (χ3n) is 5.80. The number of thiophene rings is 1. The molecule has 4 rings (SSSR count). The molecule has 0 atom stereocenters. The molecule has 0 saturated carbocycles. The van der Waals surface area contributed by atoms with Gasteiger partial charge in [0.2, 0.25) is 0 Å². The first-order chi connectivity index (χ1) is 14.3. The number of nitrogens with zero attached hydrogens (tertiary/aromatic N) is 1. The predicted molar refractivity (Wildman–Crippen MR) is 119 cm³/mol. The van der Waals surface area contributed by atoms with E-state index in [4.69, 9.17) is 4.42 Å². The maximum Gasteiger partial charge on any atom is 0.336 e. The van der Waals surface area contributed by atoms with Crippen molar-refractivity contribution in [1.82, 2.24) is 4.31 Å². The van der Waals surface area contributed by atoms with Crippen LogP contribution >= 0.6 is 11.3 Å². The molecule has 1 N–H and O–H groups in total. The molecule has 8 heteroatoms. The van der Waals surface area contributed by atoms with Crippen molar-refractivity contribution in [3.05, 3.63) is 62.8 Å². The zero-order chi connectivity index (χ0) is 21.5. The molecule has 1 fully saturated rings. The number of aryl methyl sites for hydroxylation is 1. The fourth-order valence-corrected chi connectivity index (χ4v) is 6.77. The number of rotatable bonds is 5. The highest BCUT2D eigenvalue weighted by molar-refractivity contribution is 7.91. The molecule has 6 nitrogen and oxygen atoms in total. The van der Waals surface area contributed by atoms with E-state index in [2.05, 4.69) is 19.9 Å². The van der Waals surface area contributed by atoms with Crippen molar-refractivity contribution in [3.8, 4) is 0 Å². The number of sulfonamides is 1. The first-order valence-electron chi connectivity index (χ1n) is 10.2. The predicted octanol–water partition coefficient (Wildman–Crippen LogP) is 2.38. The molecule has 1 aromatic carbocycles. The van der Waals surface area contributed by atoms with E-state index in [9.17, 15) is 13.2 Å². The van der Waals surface area contributed by atoms with E-state index in [0.717, 1.165) is 16.5 Å². The third kappa shape index (κ3) is 4.09. The highest BCUT2D eigenvalue weighted by Crippen LogP contribution is 2.27. The largest absolute Gasteiger partial charge is 0.423 e. The number of benzene rings is 1. The van der Waals surface area contributed by atoms with Gasteiger partial charge in [0.05, 0.1) is 26.2 Å². The van der Waals surface area contributed by atoms with Crippen LogP contribution in [0.15, 0.2) is 49.1 Å². The Kier molecular flexibility index (Phi) is 5.85. The van der Waals surface area contributed by atoms with E-state index < -0.39 is 10.0 Å². The Labute approximate surface area is 180 Å². The number of nitrogens with one attached hydrogen (secondary N) is 1. The molecular weight excluding hydrogens is 420 g/mol. The first-order valence-corrected chi connectivity index (χ1v) is 12.5. The van der Waals surface area contributed by atoms with Crippen molar-refractivity contribution in [3.63, 3.8) is 0 Å². The second kappa shape index (κ2) is 8.26. The van der Waals surface area contributed by atoms with Crippen LogP contribution in [0.1, 0.15) is 36.5 Å². The van der Waals surface area contributed by atoms with Gasteiger partial charge in [0.15, 0.2) is 0 Å². The highest BCUT2D eigenvalue weighted by Gasteiger charge is 2.31. The van der Waals surface area contributed by atoms with Gasteiger partial charge in [-0.2, -0.15) is 4.31 Å². The summed E-state index contributed by atoms with van der Waals surface area (Å²) in [4.78, 5) is 13.4. The van der Waals surface area contributed by atoms with E-state index >= 15 is 0 Å². The van der Waals surface area contributed by atoms with Crippen molar-refractivity contribution in [2.45, 2.75) is 37.4 Å². The van der Waals surface area contributed by atoms with Crippen molar-refractivity contribution >= 4 is 32.3 Å². The second-order valence-corrected chi connectivity index (χ2v) is 11.3. The Morgan fingerprint density at radius 3 is 2.57 bits per heavy atom. The zero-order valence-corrected chi connectivity index (χ0v) is 19.1. The molecule has 1 saturated heterocycles. The van der Waals surface area contributed by atoms with E-state index in [-0.39, 0.29) is 5.63 Å². The number of fused-ring (bicyclic) bond motifs is 1. The molecule has 0 spiro atoms. The van der Waals surface area contributed by atoms with Gasteiger partial charge in [-0.3, -0.25) is 0 Å². The summed E-state index contributed by atoms with van der Waals surface area (Å²) in [6.07, 6.45) is 0. The smallest absolute Gasteiger partial charge is 0.336 e. The SMILES string of the molecule is Cc1cc2oc(=O)cc(C[NH+]3CCN(S(=O)(=O)c4cccs4)CC3)c2cc1C(C)C. The normalized spacial score (nSPS) is 16.5. The van der Waals surface area contributed by atoms with Gasteiger partial charge in [0, 0.05) is 17.0 Å². The van der Waals surface area contributed by atoms with Crippen molar-refractivity contribution in [2.75, 3.05) is 26.2 Å². The topological polar surface area (TPSA) is 72.0 Å². The summed E-state index contributed by atoms with van der Waals surface area (Å²) in [5, 5.41) is 2.76. The minimum Gasteiger partial charge on any atom is -0.423 e. The minimum absolute atomic E-state index is 0.340. The van der Waals surface area contributed by atoms with E-state index in [1.807, 2.05) is 13.0 Å². The molecular formula is C22H27N2O4S2+. The van der Waals surface area contributed by atoms with E-state index in [0.29, 0.717) is 48.4 Å². The first kappa shape index (κ1) is 21.2.